The molecule has 1 rings (SSSR count). The fraction of sp³-hybridized carbons (Fsp3) is 0.600. The number of methoxy groups -OCH3 is 1. The van der Waals surface area contributed by atoms with Crippen molar-refractivity contribution in [1.29, 1.82) is 0 Å². The Hall–Kier alpha value is -0.510. The van der Waals surface area contributed by atoms with E-state index >= 15 is 0 Å². The van der Waals surface area contributed by atoms with E-state index in [1.54, 1.807) is 7.11 Å². The Bertz CT molecular complexity index is 343. The molecule has 0 amide bonds. The van der Waals surface area contributed by atoms with Gasteiger partial charge in [0.2, 0.25) is 0 Å². The number of nitrogens with one attached hydrogen (secondary N) is 1. The summed E-state index contributed by atoms with van der Waals surface area (Å²) in [6.07, 6.45) is 1.11. The molecule has 0 radical (unpaired) electrons. The summed E-state index contributed by atoms with van der Waals surface area (Å²) in [5, 5.41) is 3.42. The quantitative estimate of drug-likeness (QED) is 0.730. The third-order valence-corrected chi connectivity index (χ3v) is 4.37. The van der Waals surface area contributed by atoms with Gasteiger partial charge in [0.05, 0.1) is 0 Å². The number of aryl methyl sites for hydroxylation is 1. The Kier molecular flexibility index (Phi) is 7.40. The Morgan fingerprint density at radius 3 is 2.78 bits per heavy atom. The molecule has 0 saturated carbocycles. The van der Waals surface area contributed by atoms with Crippen molar-refractivity contribution in [3.8, 4) is 0 Å². The summed E-state index contributed by atoms with van der Waals surface area (Å²) in [6.45, 7) is 5.27. The number of ether oxygens (including phenoxy) is 1. The lowest BCUT2D eigenvalue weighted by Crippen LogP contribution is -2.34. The third kappa shape index (κ3) is 5.42. The van der Waals surface area contributed by atoms with Gasteiger partial charge >= 0.3 is 0 Å². The van der Waals surface area contributed by atoms with Crippen LogP contribution in [0.15, 0.2) is 29.2 Å². The molecule has 1 aromatic carbocycles. The van der Waals surface area contributed by atoms with Crippen LogP contribution in [-0.2, 0) is 4.74 Å². The molecule has 18 heavy (non-hydrogen) atoms. The van der Waals surface area contributed by atoms with Crippen LogP contribution in [0.25, 0.3) is 0 Å². The minimum absolute atomic E-state index is 0.533. The molecular weight excluding hydrogens is 242 g/mol. The number of hydrogen-bond acceptors (Lipinski definition) is 3. The van der Waals surface area contributed by atoms with Crippen LogP contribution in [0.1, 0.15) is 18.9 Å². The predicted octanol–water partition coefficient (Wildman–Crippen LogP) is 3.35. The first-order valence-corrected chi connectivity index (χ1v) is 7.51. The zero-order chi connectivity index (χ0) is 13.4. The van der Waals surface area contributed by atoms with Crippen molar-refractivity contribution in [3.63, 3.8) is 0 Å². The number of benzene rings is 1. The van der Waals surface area contributed by atoms with Crippen molar-refractivity contribution in [2.45, 2.75) is 31.2 Å². The lowest BCUT2D eigenvalue weighted by Gasteiger charge is -2.23. The molecule has 3 heteroatoms. The molecule has 0 saturated heterocycles. The molecule has 2 nitrogen and oxygen atoms in total. The smallest absolute Gasteiger partial charge is 0.0465 e. The van der Waals surface area contributed by atoms with E-state index in [1.165, 1.54) is 10.5 Å². The van der Waals surface area contributed by atoms with Crippen molar-refractivity contribution in [1.82, 2.24) is 5.32 Å². The molecule has 2 atom stereocenters. The van der Waals surface area contributed by atoms with Crippen LogP contribution in [0.5, 0.6) is 0 Å². The van der Waals surface area contributed by atoms with Crippen molar-refractivity contribution < 1.29 is 4.74 Å². The first-order valence-electron chi connectivity index (χ1n) is 6.53. The molecule has 1 N–H and O–H groups in total. The van der Waals surface area contributed by atoms with E-state index in [2.05, 4.69) is 43.4 Å². The van der Waals surface area contributed by atoms with Gasteiger partial charge in [-0.25, -0.2) is 0 Å². The van der Waals surface area contributed by atoms with E-state index in [0.29, 0.717) is 12.0 Å². The molecule has 1 aromatic rings. The molecule has 0 heterocycles. The molecule has 0 aliphatic rings. The molecule has 2 unspecified atom stereocenters. The van der Waals surface area contributed by atoms with E-state index in [4.69, 9.17) is 4.74 Å². The highest BCUT2D eigenvalue weighted by Gasteiger charge is 2.15. The predicted molar refractivity (Wildman–Crippen MR) is 80.4 cm³/mol. The van der Waals surface area contributed by atoms with E-state index in [1.807, 2.05) is 18.8 Å². The van der Waals surface area contributed by atoms with Gasteiger partial charge in [0, 0.05) is 30.4 Å². The van der Waals surface area contributed by atoms with E-state index in [-0.39, 0.29) is 0 Å². The topological polar surface area (TPSA) is 21.3 Å². The van der Waals surface area contributed by atoms with Crippen LogP contribution >= 0.6 is 11.8 Å². The zero-order valence-electron chi connectivity index (χ0n) is 11.9. The molecule has 102 valence electrons. The number of hydrogen-bond donors (Lipinski definition) is 1. The van der Waals surface area contributed by atoms with Gasteiger partial charge < -0.3 is 10.1 Å². The molecule has 0 bridgehead atoms. The first-order chi connectivity index (χ1) is 8.67. The van der Waals surface area contributed by atoms with Crippen LogP contribution in [0, 0.1) is 12.8 Å². The van der Waals surface area contributed by atoms with Gasteiger partial charge in [0.25, 0.3) is 0 Å². The molecule has 0 aromatic heterocycles. The fourth-order valence-electron chi connectivity index (χ4n) is 1.93. The Morgan fingerprint density at radius 1 is 1.39 bits per heavy atom. The SMILES string of the molecule is CNC(CSc1cccc(C)c1)C(C)CCOC. The minimum Gasteiger partial charge on any atom is -0.385 e. The summed E-state index contributed by atoms with van der Waals surface area (Å²) in [5.74, 6) is 1.73. The lowest BCUT2D eigenvalue weighted by atomic mass is 10.0. The van der Waals surface area contributed by atoms with Gasteiger partial charge in [0.15, 0.2) is 0 Å². The average molecular weight is 267 g/mol. The van der Waals surface area contributed by atoms with E-state index < -0.39 is 0 Å². The Labute approximate surface area is 116 Å². The zero-order valence-corrected chi connectivity index (χ0v) is 12.7. The van der Waals surface area contributed by atoms with Crippen LogP contribution in [0.2, 0.25) is 0 Å². The van der Waals surface area contributed by atoms with Gasteiger partial charge in [-0.3, -0.25) is 0 Å². The highest BCUT2D eigenvalue weighted by molar-refractivity contribution is 7.99. The van der Waals surface area contributed by atoms with Gasteiger partial charge in [-0.1, -0.05) is 24.6 Å². The van der Waals surface area contributed by atoms with Crippen LogP contribution < -0.4 is 5.32 Å². The van der Waals surface area contributed by atoms with Crippen molar-refractivity contribution >= 4 is 11.8 Å². The Balaban J connectivity index is 2.43. The standard InChI is InChI=1S/C15H25NOS/c1-12-6-5-7-14(10-12)18-11-15(16-3)13(2)8-9-17-4/h5-7,10,13,15-16H,8-9,11H2,1-4H3. The summed E-state index contributed by atoms with van der Waals surface area (Å²) < 4.78 is 5.15. The number of rotatable bonds is 8. The summed E-state index contributed by atoms with van der Waals surface area (Å²) in [7, 11) is 3.81. The highest BCUT2D eigenvalue weighted by atomic mass is 32.2. The highest BCUT2D eigenvalue weighted by Crippen LogP contribution is 2.22. The average Bonchev–Trinajstić information content (AvgIpc) is 2.37. The monoisotopic (exact) mass is 267 g/mol. The largest absolute Gasteiger partial charge is 0.385 e. The second-order valence-corrected chi connectivity index (χ2v) is 5.87. The summed E-state index contributed by atoms with van der Waals surface area (Å²) in [5.41, 5.74) is 1.33. The van der Waals surface area contributed by atoms with Crippen molar-refractivity contribution in [2.24, 2.45) is 5.92 Å². The molecule has 0 aliphatic carbocycles. The second kappa shape index (κ2) is 8.57. The molecular formula is C15H25NOS. The van der Waals surface area contributed by atoms with Crippen molar-refractivity contribution in [3.05, 3.63) is 29.8 Å². The fourth-order valence-corrected chi connectivity index (χ4v) is 3.24. The maximum Gasteiger partial charge on any atom is 0.0465 e. The van der Waals surface area contributed by atoms with Crippen LogP contribution in [0.3, 0.4) is 0 Å². The summed E-state index contributed by atoms with van der Waals surface area (Å²) in [6, 6.07) is 9.23. The molecule has 0 fully saturated rings. The van der Waals surface area contributed by atoms with Crippen LogP contribution in [-0.4, -0.2) is 32.6 Å². The van der Waals surface area contributed by atoms with E-state index in [9.17, 15) is 0 Å². The Morgan fingerprint density at radius 2 is 2.17 bits per heavy atom. The maximum atomic E-state index is 5.15. The normalized spacial score (nSPS) is 14.4. The van der Waals surface area contributed by atoms with Crippen molar-refractivity contribution in [2.75, 3.05) is 26.5 Å². The summed E-state index contributed by atoms with van der Waals surface area (Å²) in [4.78, 5) is 1.36. The van der Waals surface area contributed by atoms with Gasteiger partial charge in [-0.05, 0) is 38.4 Å². The van der Waals surface area contributed by atoms with Crippen LogP contribution in [0.4, 0.5) is 0 Å². The van der Waals surface area contributed by atoms with E-state index in [0.717, 1.165) is 18.8 Å². The minimum atomic E-state index is 0.533. The first kappa shape index (κ1) is 15.5. The second-order valence-electron chi connectivity index (χ2n) is 4.78. The molecule has 0 spiro atoms. The van der Waals surface area contributed by atoms with Gasteiger partial charge in [-0.2, -0.15) is 0 Å². The third-order valence-electron chi connectivity index (χ3n) is 3.25. The van der Waals surface area contributed by atoms with Gasteiger partial charge in [-0.15, -0.1) is 11.8 Å². The summed E-state index contributed by atoms with van der Waals surface area (Å²) >= 11 is 1.93. The molecule has 0 aliphatic heterocycles. The van der Waals surface area contributed by atoms with Gasteiger partial charge in [0.1, 0.15) is 0 Å². The maximum absolute atomic E-state index is 5.15. The lowest BCUT2D eigenvalue weighted by molar-refractivity contribution is 0.173. The number of thioether (sulfide) groups is 1.